The van der Waals surface area contributed by atoms with E-state index < -0.39 is 42.0 Å². The van der Waals surface area contributed by atoms with Gasteiger partial charge in [-0.25, -0.2) is 0 Å². The molecule has 0 aromatic heterocycles. The Morgan fingerprint density at radius 1 is 1.03 bits per heavy atom. The number of aryl methyl sites for hydroxylation is 1. The van der Waals surface area contributed by atoms with Crippen molar-refractivity contribution in [3.8, 4) is 0 Å². The van der Waals surface area contributed by atoms with Gasteiger partial charge in [-0.2, -0.15) is 0 Å². The van der Waals surface area contributed by atoms with Crippen molar-refractivity contribution in [2.24, 2.45) is 0 Å². The van der Waals surface area contributed by atoms with Crippen molar-refractivity contribution in [1.29, 1.82) is 0 Å². The molecule has 0 amide bonds. The number of benzene rings is 2. The number of hydrogen-bond donors (Lipinski definition) is 4. The van der Waals surface area contributed by atoms with Crippen molar-refractivity contribution < 1.29 is 25.2 Å². The van der Waals surface area contributed by atoms with Crippen molar-refractivity contribution >= 4 is 11.6 Å². The Kier molecular flexibility index (Phi) is 6.12. The Morgan fingerprint density at radius 3 is 2.24 bits per heavy atom. The predicted molar refractivity (Wildman–Crippen MR) is 112 cm³/mol. The number of ether oxygens (including phenoxy) is 1. The molecule has 0 saturated carbocycles. The maximum atomic E-state index is 10.7. The summed E-state index contributed by atoms with van der Waals surface area (Å²) in [5.74, 6) is 0. The molecule has 0 radical (unpaired) electrons. The molecule has 158 valence electrons. The fourth-order valence-electron chi connectivity index (χ4n) is 4.01. The summed E-state index contributed by atoms with van der Waals surface area (Å²) in [6.45, 7) is 7.33. The minimum atomic E-state index is -1.45. The van der Waals surface area contributed by atoms with Crippen LogP contribution in [0.25, 0.3) is 0 Å². The van der Waals surface area contributed by atoms with E-state index in [2.05, 4.69) is 26.0 Å². The molecule has 5 nitrogen and oxygen atoms in total. The predicted octanol–water partition coefficient (Wildman–Crippen LogP) is 2.66. The van der Waals surface area contributed by atoms with Crippen LogP contribution in [-0.4, -0.2) is 51.4 Å². The Bertz CT molecular complexity index is 864. The highest BCUT2D eigenvalue weighted by molar-refractivity contribution is 6.31. The summed E-state index contributed by atoms with van der Waals surface area (Å²) < 4.78 is 5.88. The van der Waals surface area contributed by atoms with Gasteiger partial charge in [0.1, 0.15) is 30.0 Å². The highest BCUT2D eigenvalue weighted by Crippen LogP contribution is 2.42. The van der Waals surface area contributed by atoms with Crippen LogP contribution in [0, 0.1) is 6.92 Å². The molecule has 1 fully saturated rings. The molecule has 6 heteroatoms. The van der Waals surface area contributed by atoms with Crippen molar-refractivity contribution in [1.82, 2.24) is 0 Å². The average molecular weight is 421 g/mol. The molecule has 2 aromatic rings. The largest absolute Gasteiger partial charge is 0.394 e. The van der Waals surface area contributed by atoms with Crippen molar-refractivity contribution in [3.63, 3.8) is 0 Å². The second-order valence-electron chi connectivity index (χ2n) is 8.56. The van der Waals surface area contributed by atoms with Crippen LogP contribution in [0.3, 0.4) is 0 Å². The molecule has 0 aliphatic carbocycles. The molecule has 0 spiro atoms. The zero-order valence-electron chi connectivity index (χ0n) is 17.1. The molecule has 2 aromatic carbocycles. The first-order valence-electron chi connectivity index (χ1n) is 9.73. The lowest BCUT2D eigenvalue weighted by atomic mass is 9.75. The molecule has 1 saturated heterocycles. The van der Waals surface area contributed by atoms with Gasteiger partial charge in [-0.15, -0.1) is 0 Å². The van der Waals surface area contributed by atoms with Gasteiger partial charge in [0.25, 0.3) is 0 Å². The Labute approximate surface area is 176 Å². The van der Waals surface area contributed by atoms with Crippen LogP contribution < -0.4 is 0 Å². The van der Waals surface area contributed by atoms with Crippen LogP contribution in [0.4, 0.5) is 0 Å². The molecule has 4 N–H and O–H groups in total. The number of halogens is 1. The van der Waals surface area contributed by atoms with E-state index in [1.54, 1.807) is 19.1 Å². The minimum Gasteiger partial charge on any atom is -0.394 e. The molecular weight excluding hydrogens is 392 g/mol. The molecular formula is C23H29ClO5. The number of hydrogen-bond acceptors (Lipinski definition) is 5. The van der Waals surface area contributed by atoms with E-state index >= 15 is 0 Å². The molecule has 1 heterocycles. The van der Waals surface area contributed by atoms with Crippen LogP contribution >= 0.6 is 11.6 Å². The average Bonchev–Trinajstić information content (AvgIpc) is 2.69. The summed E-state index contributed by atoms with van der Waals surface area (Å²) in [5, 5.41) is 41.2. The van der Waals surface area contributed by atoms with Gasteiger partial charge in [0.15, 0.2) is 0 Å². The second kappa shape index (κ2) is 7.99. The van der Waals surface area contributed by atoms with E-state index in [0.29, 0.717) is 10.6 Å². The van der Waals surface area contributed by atoms with Gasteiger partial charge in [0.05, 0.1) is 6.61 Å². The third kappa shape index (κ3) is 3.83. The van der Waals surface area contributed by atoms with Gasteiger partial charge in [-0.1, -0.05) is 67.4 Å². The number of aliphatic hydroxyl groups is 4. The van der Waals surface area contributed by atoms with E-state index in [4.69, 9.17) is 16.3 Å². The fourth-order valence-corrected chi connectivity index (χ4v) is 4.36. The fraction of sp³-hybridized carbons (Fsp3) is 0.478. The Hall–Kier alpha value is -1.47. The Morgan fingerprint density at radius 2 is 1.66 bits per heavy atom. The summed E-state index contributed by atoms with van der Waals surface area (Å²) in [4.78, 5) is 0. The van der Waals surface area contributed by atoms with E-state index in [0.717, 1.165) is 11.1 Å². The molecule has 1 aliphatic rings. The van der Waals surface area contributed by atoms with E-state index in [-0.39, 0.29) is 0 Å². The monoisotopic (exact) mass is 420 g/mol. The van der Waals surface area contributed by atoms with E-state index in [1.807, 2.05) is 25.1 Å². The Balaban J connectivity index is 2.07. The third-order valence-electron chi connectivity index (χ3n) is 6.18. The minimum absolute atomic E-state index is 0.425. The molecule has 3 rings (SSSR count). The van der Waals surface area contributed by atoms with Crippen LogP contribution in [-0.2, 0) is 15.8 Å². The van der Waals surface area contributed by atoms with Gasteiger partial charge >= 0.3 is 0 Å². The molecule has 1 aliphatic heterocycles. The van der Waals surface area contributed by atoms with Crippen LogP contribution in [0.1, 0.15) is 43.0 Å². The number of rotatable bonds is 4. The van der Waals surface area contributed by atoms with Crippen LogP contribution in [0.15, 0.2) is 42.5 Å². The molecule has 0 bridgehead atoms. The standard InChI is InChI=1S/C23H29ClO5/c1-13-5-7-14(8-6-13)22(2,3)16-11-15(9-10-17(16)24)23(4)21(28)20(27)19(26)18(12-25)29-23/h5-11,18-21,25-28H,12H2,1-4H3. The van der Waals surface area contributed by atoms with Crippen molar-refractivity contribution in [3.05, 3.63) is 69.7 Å². The first-order valence-corrected chi connectivity index (χ1v) is 10.1. The van der Waals surface area contributed by atoms with E-state index in [1.165, 1.54) is 5.56 Å². The van der Waals surface area contributed by atoms with Gasteiger partial charge in [-0.05, 0) is 36.6 Å². The van der Waals surface area contributed by atoms with Gasteiger partial charge < -0.3 is 25.2 Å². The van der Waals surface area contributed by atoms with E-state index in [9.17, 15) is 20.4 Å². The summed E-state index contributed by atoms with van der Waals surface area (Å²) in [6, 6.07) is 13.6. The first-order chi connectivity index (χ1) is 13.5. The maximum Gasteiger partial charge on any atom is 0.119 e. The van der Waals surface area contributed by atoms with Crippen molar-refractivity contribution in [2.45, 2.75) is 63.1 Å². The number of aliphatic hydroxyl groups excluding tert-OH is 4. The van der Waals surface area contributed by atoms with Crippen molar-refractivity contribution in [2.75, 3.05) is 6.61 Å². The third-order valence-corrected chi connectivity index (χ3v) is 6.51. The first kappa shape index (κ1) is 22.2. The lowest BCUT2D eigenvalue weighted by molar-refractivity contribution is -0.273. The highest BCUT2D eigenvalue weighted by Gasteiger charge is 2.51. The smallest absolute Gasteiger partial charge is 0.119 e. The summed E-state index contributed by atoms with van der Waals surface area (Å²) >= 11 is 6.56. The molecule has 29 heavy (non-hydrogen) atoms. The second-order valence-corrected chi connectivity index (χ2v) is 8.96. The lowest BCUT2D eigenvalue weighted by Gasteiger charge is -2.47. The lowest BCUT2D eigenvalue weighted by Crippen LogP contribution is -2.62. The zero-order chi connectivity index (χ0) is 21.6. The molecule has 5 atom stereocenters. The topological polar surface area (TPSA) is 90.2 Å². The summed E-state index contributed by atoms with van der Waals surface area (Å²) in [5.41, 5.74) is 1.95. The van der Waals surface area contributed by atoms with Crippen LogP contribution in [0.2, 0.25) is 5.02 Å². The quantitative estimate of drug-likeness (QED) is 0.610. The van der Waals surface area contributed by atoms with Crippen LogP contribution in [0.5, 0.6) is 0 Å². The molecule has 5 unspecified atom stereocenters. The van der Waals surface area contributed by atoms with Gasteiger partial charge in [0, 0.05) is 10.4 Å². The zero-order valence-corrected chi connectivity index (χ0v) is 17.9. The highest BCUT2D eigenvalue weighted by atomic mass is 35.5. The van der Waals surface area contributed by atoms with Gasteiger partial charge in [-0.3, -0.25) is 0 Å². The SMILES string of the molecule is Cc1ccc(C(C)(C)c2cc(C3(C)OC(CO)C(O)C(O)C3O)ccc2Cl)cc1. The van der Waals surface area contributed by atoms with Gasteiger partial charge in [0.2, 0.25) is 0 Å². The summed E-state index contributed by atoms with van der Waals surface area (Å²) in [7, 11) is 0. The normalized spacial score (nSPS) is 30.4. The maximum absolute atomic E-state index is 10.7. The summed E-state index contributed by atoms with van der Waals surface area (Å²) in [6.07, 6.45) is -5.21.